The van der Waals surface area contributed by atoms with Crippen molar-refractivity contribution in [2.75, 3.05) is 11.9 Å². The minimum Gasteiger partial charge on any atom is -0.459 e. The summed E-state index contributed by atoms with van der Waals surface area (Å²) in [6.45, 7) is 1.70. The van der Waals surface area contributed by atoms with Gasteiger partial charge in [-0.05, 0) is 29.8 Å². The van der Waals surface area contributed by atoms with Crippen LogP contribution in [0.2, 0.25) is 5.02 Å². The van der Waals surface area contributed by atoms with Crippen molar-refractivity contribution in [2.45, 2.75) is 19.5 Å². The van der Waals surface area contributed by atoms with Gasteiger partial charge in [0.25, 0.3) is 5.91 Å². The van der Waals surface area contributed by atoms with Crippen molar-refractivity contribution in [1.29, 1.82) is 0 Å². The average molecular weight is 369 g/mol. The minimum atomic E-state index is -0.108. The van der Waals surface area contributed by atoms with E-state index in [1.165, 1.54) is 6.26 Å². The Morgan fingerprint density at radius 1 is 1.31 bits per heavy atom. The van der Waals surface area contributed by atoms with Gasteiger partial charge in [0, 0.05) is 42.8 Å². The molecule has 1 amide bonds. The van der Waals surface area contributed by atoms with E-state index in [-0.39, 0.29) is 5.91 Å². The maximum absolute atomic E-state index is 12.4. The van der Waals surface area contributed by atoms with Crippen LogP contribution in [0.4, 0.5) is 5.95 Å². The fourth-order valence-electron chi connectivity index (χ4n) is 2.96. The number of rotatable bonds is 4. The number of hydrogen-bond donors (Lipinski definition) is 1. The van der Waals surface area contributed by atoms with Gasteiger partial charge in [0.15, 0.2) is 5.76 Å². The number of anilines is 1. The van der Waals surface area contributed by atoms with Crippen LogP contribution in [0.25, 0.3) is 0 Å². The second-order valence-electron chi connectivity index (χ2n) is 6.10. The minimum absolute atomic E-state index is 0.108. The van der Waals surface area contributed by atoms with Gasteiger partial charge in [-0.15, -0.1) is 0 Å². The summed E-state index contributed by atoms with van der Waals surface area (Å²) in [6, 6.07) is 11.1. The Morgan fingerprint density at radius 3 is 3.04 bits per heavy atom. The fourth-order valence-corrected chi connectivity index (χ4v) is 3.17. The summed E-state index contributed by atoms with van der Waals surface area (Å²) < 4.78 is 5.20. The first-order chi connectivity index (χ1) is 12.7. The van der Waals surface area contributed by atoms with Crippen molar-refractivity contribution in [3.8, 4) is 0 Å². The van der Waals surface area contributed by atoms with Crippen molar-refractivity contribution in [3.63, 3.8) is 0 Å². The van der Waals surface area contributed by atoms with Crippen LogP contribution >= 0.6 is 11.6 Å². The van der Waals surface area contributed by atoms with Gasteiger partial charge in [0.1, 0.15) is 0 Å². The van der Waals surface area contributed by atoms with E-state index in [9.17, 15) is 4.79 Å². The van der Waals surface area contributed by atoms with E-state index in [0.717, 1.165) is 16.8 Å². The first-order valence-corrected chi connectivity index (χ1v) is 8.73. The van der Waals surface area contributed by atoms with Gasteiger partial charge in [-0.25, -0.2) is 9.97 Å². The first-order valence-electron chi connectivity index (χ1n) is 8.35. The Morgan fingerprint density at radius 2 is 2.23 bits per heavy atom. The Kier molecular flexibility index (Phi) is 4.58. The number of benzene rings is 1. The standard InChI is InChI=1S/C19H17ClN4O2/c20-15-4-1-3-13(9-15)10-21-19-22-11-14-12-24(7-6-16(14)23-19)18(25)17-5-2-8-26-17/h1-5,8-9,11H,6-7,10,12H2,(H,21,22,23). The lowest BCUT2D eigenvalue weighted by Crippen LogP contribution is -2.36. The summed E-state index contributed by atoms with van der Waals surface area (Å²) in [5, 5.41) is 3.92. The van der Waals surface area contributed by atoms with Crippen molar-refractivity contribution in [2.24, 2.45) is 0 Å². The molecule has 0 fully saturated rings. The zero-order valence-corrected chi connectivity index (χ0v) is 14.7. The molecule has 1 aliphatic heterocycles. The average Bonchev–Trinajstić information content (AvgIpc) is 3.20. The lowest BCUT2D eigenvalue weighted by molar-refractivity contribution is 0.0701. The summed E-state index contributed by atoms with van der Waals surface area (Å²) in [4.78, 5) is 23.1. The highest BCUT2D eigenvalue weighted by Gasteiger charge is 2.24. The zero-order valence-electron chi connectivity index (χ0n) is 14.0. The van der Waals surface area contributed by atoms with Gasteiger partial charge in [0.05, 0.1) is 12.0 Å². The summed E-state index contributed by atoms with van der Waals surface area (Å²) >= 11 is 6.00. The highest BCUT2D eigenvalue weighted by molar-refractivity contribution is 6.30. The number of amides is 1. The van der Waals surface area contributed by atoms with Crippen LogP contribution in [0.3, 0.4) is 0 Å². The number of hydrogen-bond acceptors (Lipinski definition) is 5. The normalized spacial score (nSPS) is 13.3. The van der Waals surface area contributed by atoms with Crippen molar-refractivity contribution >= 4 is 23.5 Å². The third-order valence-electron chi connectivity index (χ3n) is 4.29. The Hall–Kier alpha value is -2.86. The summed E-state index contributed by atoms with van der Waals surface area (Å²) in [7, 11) is 0. The molecule has 0 spiro atoms. The molecule has 132 valence electrons. The number of carbonyl (C=O) groups is 1. The van der Waals surface area contributed by atoms with Gasteiger partial charge in [-0.3, -0.25) is 4.79 Å². The van der Waals surface area contributed by atoms with E-state index >= 15 is 0 Å². The van der Waals surface area contributed by atoms with Gasteiger partial charge < -0.3 is 14.6 Å². The summed E-state index contributed by atoms with van der Waals surface area (Å²) in [6.07, 6.45) is 3.98. The third-order valence-corrected chi connectivity index (χ3v) is 4.53. The quantitative estimate of drug-likeness (QED) is 0.762. The molecule has 1 aromatic carbocycles. The Balaban J connectivity index is 1.43. The third kappa shape index (κ3) is 3.55. The van der Waals surface area contributed by atoms with Crippen molar-refractivity contribution in [1.82, 2.24) is 14.9 Å². The number of fused-ring (bicyclic) bond motifs is 1. The molecule has 0 saturated heterocycles. The monoisotopic (exact) mass is 368 g/mol. The molecule has 1 aliphatic rings. The molecule has 0 aliphatic carbocycles. The molecule has 7 heteroatoms. The van der Waals surface area contributed by atoms with Crippen LogP contribution in [-0.2, 0) is 19.5 Å². The summed E-state index contributed by atoms with van der Waals surface area (Å²) in [5.41, 5.74) is 3.00. The molecule has 0 radical (unpaired) electrons. The molecule has 0 bridgehead atoms. The van der Waals surface area contributed by atoms with E-state index in [4.69, 9.17) is 16.0 Å². The SMILES string of the molecule is O=C(c1ccco1)N1CCc2nc(NCc3cccc(Cl)c3)ncc2C1. The summed E-state index contributed by atoms with van der Waals surface area (Å²) in [5.74, 6) is 0.826. The molecule has 4 rings (SSSR count). The molecular weight excluding hydrogens is 352 g/mol. The van der Waals surface area contributed by atoms with E-state index in [0.29, 0.717) is 42.8 Å². The first kappa shape index (κ1) is 16.6. The molecule has 3 heterocycles. The predicted octanol–water partition coefficient (Wildman–Crippen LogP) is 3.53. The molecule has 0 atom stereocenters. The number of nitrogens with zero attached hydrogens (tertiary/aromatic N) is 3. The smallest absolute Gasteiger partial charge is 0.289 e. The molecule has 2 aromatic heterocycles. The maximum atomic E-state index is 12.4. The topological polar surface area (TPSA) is 71.3 Å². The van der Waals surface area contributed by atoms with Crippen LogP contribution in [0.1, 0.15) is 27.4 Å². The van der Waals surface area contributed by atoms with E-state index in [2.05, 4.69) is 15.3 Å². The van der Waals surface area contributed by atoms with Crippen LogP contribution in [0, 0.1) is 0 Å². The molecule has 26 heavy (non-hydrogen) atoms. The lowest BCUT2D eigenvalue weighted by Gasteiger charge is -2.27. The highest BCUT2D eigenvalue weighted by atomic mass is 35.5. The number of halogens is 1. The van der Waals surface area contributed by atoms with Gasteiger partial charge in [-0.1, -0.05) is 23.7 Å². The number of carbonyl (C=O) groups excluding carboxylic acids is 1. The Labute approximate surface area is 155 Å². The molecule has 0 saturated carbocycles. The van der Waals surface area contributed by atoms with Gasteiger partial charge in [-0.2, -0.15) is 0 Å². The number of furan rings is 1. The second-order valence-corrected chi connectivity index (χ2v) is 6.54. The van der Waals surface area contributed by atoms with Crippen molar-refractivity contribution in [3.05, 3.63) is 76.5 Å². The van der Waals surface area contributed by atoms with E-state index in [1.54, 1.807) is 23.2 Å². The highest BCUT2D eigenvalue weighted by Crippen LogP contribution is 2.20. The largest absolute Gasteiger partial charge is 0.459 e. The molecule has 1 N–H and O–H groups in total. The lowest BCUT2D eigenvalue weighted by atomic mass is 10.1. The fraction of sp³-hybridized carbons (Fsp3) is 0.211. The van der Waals surface area contributed by atoms with E-state index in [1.807, 2.05) is 24.3 Å². The van der Waals surface area contributed by atoms with E-state index < -0.39 is 0 Å². The zero-order chi connectivity index (χ0) is 17.9. The number of nitrogens with one attached hydrogen (secondary N) is 1. The maximum Gasteiger partial charge on any atom is 0.289 e. The predicted molar refractivity (Wildman–Crippen MR) is 98.0 cm³/mol. The second kappa shape index (κ2) is 7.17. The van der Waals surface area contributed by atoms with Crippen LogP contribution < -0.4 is 5.32 Å². The van der Waals surface area contributed by atoms with Gasteiger partial charge in [0.2, 0.25) is 5.95 Å². The molecular formula is C19H17ClN4O2. The van der Waals surface area contributed by atoms with Crippen molar-refractivity contribution < 1.29 is 9.21 Å². The molecule has 6 nitrogen and oxygen atoms in total. The number of aromatic nitrogens is 2. The molecule has 0 unspecified atom stereocenters. The molecule has 3 aromatic rings. The Bertz CT molecular complexity index is 927. The van der Waals surface area contributed by atoms with Crippen LogP contribution in [0.15, 0.2) is 53.3 Å². The van der Waals surface area contributed by atoms with Crippen LogP contribution in [0.5, 0.6) is 0 Å². The van der Waals surface area contributed by atoms with Crippen LogP contribution in [-0.4, -0.2) is 27.3 Å². The van der Waals surface area contributed by atoms with Gasteiger partial charge >= 0.3 is 0 Å².